The fraction of sp³-hybridized carbons (Fsp3) is 0.368. The molecular weight excluding hydrogens is 471 g/mol. The monoisotopic (exact) mass is 489 g/mol. The highest BCUT2D eigenvalue weighted by Crippen LogP contribution is 2.39. The van der Waals surface area contributed by atoms with Gasteiger partial charge in [0, 0.05) is 23.2 Å². The van der Waals surface area contributed by atoms with Crippen molar-refractivity contribution in [1.82, 2.24) is 9.97 Å². The third-order valence-corrected chi connectivity index (χ3v) is 5.76. The van der Waals surface area contributed by atoms with E-state index in [1.807, 2.05) is 0 Å². The van der Waals surface area contributed by atoms with Crippen molar-refractivity contribution in [2.75, 3.05) is 18.8 Å². The van der Waals surface area contributed by atoms with Crippen LogP contribution in [-0.2, 0) is 10.3 Å². The zero-order chi connectivity index (χ0) is 23.3. The van der Waals surface area contributed by atoms with E-state index in [4.69, 9.17) is 17.3 Å². The molecule has 1 amide bonds. The number of carbonyl (C=O) groups is 1. The van der Waals surface area contributed by atoms with Gasteiger partial charge in [0.25, 0.3) is 5.91 Å². The van der Waals surface area contributed by atoms with E-state index < -0.39 is 24.9 Å². The minimum Gasteiger partial charge on any atom is -0.461 e. The number of nitrogens with two attached hydrogens (primary N) is 1. The number of aromatic nitrogens is 2. The maximum atomic E-state index is 12.6. The van der Waals surface area contributed by atoms with Gasteiger partial charge in [-0.15, -0.1) is 0 Å². The van der Waals surface area contributed by atoms with Crippen LogP contribution in [0.5, 0.6) is 5.75 Å². The standard InChI is InChI=1S/C19H19ClF3N5O3S/c1-19(6-12(8-30-17(22)23)32-18(24)28-19)14-4-10(2-3-25-14)27-16(29)15-13(20)5-11(7-26-15)31-9-21/h2-5,7,12,17H,6,8-9H2,1H3,(H2,24,28)(H,25,27,29)/t12-,19-/m0/s1. The number of pyridine rings is 2. The summed E-state index contributed by atoms with van der Waals surface area (Å²) in [7, 11) is 0. The number of amides is 1. The van der Waals surface area contributed by atoms with Crippen LogP contribution in [0.25, 0.3) is 0 Å². The van der Waals surface area contributed by atoms with E-state index in [9.17, 15) is 18.0 Å². The average molecular weight is 490 g/mol. The number of carbonyl (C=O) groups excluding carboxylic acids is 1. The van der Waals surface area contributed by atoms with Crippen LogP contribution in [0.1, 0.15) is 29.5 Å². The molecule has 3 rings (SSSR count). The summed E-state index contributed by atoms with van der Waals surface area (Å²) in [6, 6.07) is 4.44. The fourth-order valence-electron chi connectivity index (χ4n) is 3.13. The van der Waals surface area contributed by atoms with E-state index in [0.29, 0.717) is 17.8 Å². The summed E-state index contributed by atoms with van der Waals surface area (Å²) >= 11 is 7.21. The highest BCUT2D eigenvalue weighted by molar-refractivity contribution is 8.14. The van der Waals surface area contributed by atoms with Crippen LogP contribution in [0, 0.1) is 0 Å². The van der Waals surface area contributed by atoms with Gasteiger partial charge in [-0.3, -0.25) is 9.78 Å². The van der Waals surface area contributed by atoms with Gasteiger partial charge >= 0.3 is 6.61 Å². The van der Waals surface area contributed by atoms with Crippen molar-refractivity contribution in [3.63, 3.8) is 0 Å². The van der Waals surface area contributed by atoms with Crippen molar-refractivity contribution < 1.29 is 27.4 Å². The Morgan fingerprint density at radius 1 is 1.44 bits per heavy atom. The molecule has 0 saturated carbocycles. The highest BCUT2D eigenvalue weighted by Gasteiger charge is 2.36. The SMILES string of the molecule is C[C@@]1(c2cc(NC(=O)c3ncc(OCF)cc3Cl)ccn2)C[C@@H](COC(F)F)SC(N)=N1. The molecule has 32 heavy (non-hydrogen) atoms. The highest BCUT2D eigenvalue weighted by atomic mass is 35.5. The number of nitrogens with zero attached hydrogens (tertiary/aromatic N) is 3. The Morgan fingerprint density at radius 3 is 2.91 bits per heavy atom. The van der Waals surface area contributed by atoms with E-state index in [0.717, 1.165) is 11.8 Å². The zero-order valence-corrected chi connectivity index (χ0v) is 18.3. The van der Waals surface area contributed by atoms with E-state index >= 15 is 0 Å². The molecule has 0 aliphatic carbocycles. The Balaban J connectivity index is 1.77. The lowest BCUT2D eigenvalue weighted by atomic mass is 9.91. The molecule has 0 fully saturated rings. The van der Waals surface area contributed by atoms with Gasteiger partial charge < -0.3 is 20.5 Å². The second-order valence-electron chi connectivity index (χ2n) is 6.90. The zero-order valence-electron chi connectivity index (χ0n) is 16.7. The summed E-state index contributed by atoms with van der Waals surface area (Å²) in [5.74, 6) is -0.515. The molecule has 1 aliphatic heterocycles. The molecule has 0 bridgehead atoms. The molecule has 2 aromatic heterocycles. The molecule has 8 nitrogen and oxygen atoms in total. The van der Waals surface area contributed by atoms with Gasteiger partial charge in [-0.25, -0.2) is 14.4 Å². The first-order valence-corrected chi connectivity index (χ1v) is 10.5. The number of anilines is 1. The number of halogens is 4. The number of hydrogen-bond donors (Lipinski definition) is 2. The topological polar surface area (TPSA) is 112 Å². The van der Waals surface area contributed by atoms with Crippen molar-refractivity contribution in [3.8, 4) is 5.75 Å². The predicted octanol–water partition coefficient (Wildman–Crippen LogP) is 3.96. The largest absolute Gasteiger partial charge is 0.461 e. The number of hydrogen-bond acceptors (Lipinski definition) is 8. The molecule has 13 heteroatoms. The number of alkyl halides is 3. The first-order chi connectivity index (χ1) is 15.2. The number of amidine groups is 1. The first-order valence-electron chi connectivity index (χ1n) is 9.24. The van der Waals surface area contributed by atoms with Crippen LogP contribution in [0.3, 0.4) is 0 Å². The van der Waals surface area contributed by atoms with Crippen molar-refractivity contribution >= 4 is 40.1 Å². The predicted molar refractivity (Wildman–Crippen MR) is 115 cm³/mol. The molecule has 0 radical (unpaired) electrons. The molecule has 2 aromatic rings. The van der Waals surface area contributed by atoms with Crippen molar-refractivity contribution in [3.05, 3.63) is 47.0 Å². The van der Waals surface area contributed by atoms with Crippen molar-refractivity contribution in [2.24, 2.45) is 10.7 Å². The van der Waals surface area contributed by atoms with Crippen molar-refractivity contribution in [2.45, 2.75) is 30.7 Å². The summed E-state index contributed by atoms with van der Waals surface area (Å²) < 4.78 is 46.2. The smallest absolute Gasteiger partial charge is 0.345 e. The van der Waals surface area contributed by atoms with Gasteiger partial charge in [-0.1, -0.05) is 23.4 Å². The molecule has 0 aromatic carbocycles. The van der Waals surface area contributed by atoms with Crippen LogP contribution in [0.15, 0.2) is 35.6 Å². The summed E-state index contributed by atoms with van der Waals surface area (Å²) in [5, 5.41) is 2.52. The van der Waals surface area contributed by atoms with Crippen LogP contribution in [-0.4, -0.2) is 46.4 Å². The van der Waals surface area contributed by atoms with Crippen LogP contribution in [0.4, 0.5) is 18.9 Å². The number of ether oxygens (including phenoxy) is 2. The lowest BCUT2D eigenvalue weighted by molar-refractivity contribution is -0.128. The molecule has 172 valence electrons. The van der Waals surface area contributed by atoms with Gasteiger partial charge in [0.15, 0.2) is 5.17 Å². The molecule has 0 saturated heterocycles. The minimum atomic E-state index is -2.88. The van der Waals surface area contributed by atoms with Crippen LogP contribution < -0.4 is 15.8 Å². The number of nitrogens with one attached hydrogen (secondary N) is 1. The average Bonchev–Trinajstić information content (AvgIpc) is 2.72. The second kappa shape index (κ2) is 10.4. The quantitative estimate of drug-likeness (QED) is 0.577. The van der Waals surface area contributed by atoms with Gasteiger partial charge in [0.05, 0.1) is 23.5 Å². The molecule has 0 unspecified atom stereocenters. The van der Waals surface area contributed by atoms with Gasteiger partial charge in [0.2, 0.25) is 6.86 Å². The molecule has 2 atom stereocenters. The van der Waals surface area contributed by atoms with Crippen LogP contribution >= 0.6 is 23.4 Å². The van der Waals surface area contributed by atoms with Gasteiger partial charge in [-0.2, -0.15) is 8.78 Å². The molecule has 3 heterocycles. The fourth-order valence-corrected chi connectivity index (χ4v) is 4.52. The lowest BCUT2D eigenvalue weighted by Crippen LogP contribution is -2.36. The third-order valence-electron chi connectivity index (χ3n) is 4.50. The maximum absolute atomic E-state index is 12.6. The Hall–Kier alpha value is -2.57. The van der Waals surface area contributed by atoms with Gasteiger partial charge in [-0.05, 0) is 25.5 Å². The van der Waals surface area contributed by atoms with Crippen molar-refractivity contribution in [1.29, 1.82) is 0 Å². The summed E-state index contributed by atoms with van der Waals surface area (Å²) in [6.07, 6.45) is 3.00. The van der Waals surface area contributed by atoms with E-state index in [1.165, 1.54) is 18.5 Å². The Labute approximate surface area is 190 Å². The van der Waals surface area contributed by atoms with Gasteiger partial charge in [0.1, 0.15) is 17.0 Å². The van der Waals surface area contributed by atoms with Crippen LogP contribution in [0.2, 0.25) is 5.02 Å². The Morgan fingerprint density at radius 2 is 2.22 bits per heavy atom. The summed E-state index contributed by atoms with van der Waals surface area (Å²) in [6.45, 7) is -2.36. The summed E-state index contributed by atoms with van der Waals surface area (Å²) in [4.78, 5) is 25.3. The van der Waals surface area contributed by atoms with E-state index in [-0.39, 0.29) is 33.5 Å². The second-order valence-corrected chi connectivity index (χ2v) is 8.63. The normalized spacial score (nSPS) is 20.7. The summed E-state index contributed by atoms with van der Waals surface area (Å²) in [5.41, 5.74) is 5.78. The molecule has 0 spiro atoms. The first kappa shape index (κ1) is 24.1. The third kappa shape index (κ3) is 6.02. The molecule has 1 aliphatic rings. The Kier molecular flexibility index (Phi) is 7.80. The number of aliphatic imine (C=N–C) groups is 1. The van der Waals surface area contributed by atoms with E-state index in [1.54, 1.807) is 19.1 Å². The van der Waals surface area contributed by atoms with E-state index in [2.05, 4.69) is 29.8 Å². The Bertz CT molecular complexity index is 1020. The minimum absolute atomic E-state index is 0.0155. The molecular formula is C19H19ClF3N5O3S. The number of thioether (sulfide) groups is 1. The maximum Gasteiger partial charge on any atom is 0.345 e. The number of rotatable bonds is 8. The lowest BCUT2D eigenvalue weighted by Gasteiger charge is -2.33. The molecule has 3 N–H and O–H groups in total.